The van der Waals surface area contributed by atoms with Gasteiger partial charge in [0.15, 0.2) is 9.84 Å². The van der Waals surface area contributed by atoms with Crippen molar-refractivity contribution in [2.45, 2.75) is 42.9 Å². The molecule has 6 nitrogen and oxygen atoms in total. The summed E-state index contributed by atoms with van der Waals surface area (Å²) in [5.74, 6) is 0.499. The van der Waals surface area contributed by atoms with Crippen molar-refractivity contribution in [3.05, 3.63) is 54.1 Å². The molecule has 0 spiro atoms. The largest absolute Gasteiger partial charge is 0.497 e. The molecule has 3 rings (SSSR count). The lowest BCUT2D eigenvalue weighted by molar-refractivity contribution is 0.0927. The number of nitrogens with zero attached hydrogens (tertiary/aromatic N) is 1. The molecular formula is C22H28N2O4S. The van der Waals surface area contributed by atoms with Crippen LogP contribution >= 0.6 is 0 Å². The van der Waals surface area contributed by atoms with Gasteiger partial charge >= 0.3 is 0 Å². The summed E-state index contributed by atoms with van der Waals surface area (Å²) in [6.45, 7) is 4.89. The second-order valence-corrected chi connectivity index (χ2v) is 10.00. The Hall–Kier alpha value is -2.54. The number of carbonyl (C=O) groups is 1. The fourth-order valence-corrected chi connectivity index (χ4v) is 4.74. The van der Waals surface area contributed by atoms with Gasteiger partial charge in [-0.15, -0.1) is 0 Å². The van der Waals surface area contributed by atoms with E-state index in [0.29, 0.717) is 0 Å². The van der Waals surface area contributed by atoms with Gasteiger partial charge in [0.05, 0.1) is 22.8 Å². The minimum absolute atomic E-state index is 0.0202. The minimum Gasteiger partial charge on any atom is -0.497 e. The first-order valence-corrected chi connectivity index (χ1v) is 11.4. The number of rotatable bonds is 6. The van der Waals surface area contributed by atoms with E-state index in [1.807, 2.05) is 24.3 Å². The molecule has 1 aliphatic rings. The van der Waals surface area contributed by atoms with E-state index in [1.165, 1.54) is 6.07 Å². The summed E-state index contributed by atoms with van der Waals surface area (Å²) in [5, 5.41) is 2.45. The van der Waals surface area contributed by atoms with Gasteiger partial charge in [-0.1, -0.05) is 12.1 Å². The lowest BCUT2D eigenvalue weighted by Gasteiger charge is -2.34. The van der Waals surface area contributed by atoms with Crippen LogP contribution in [-0.4, -0.2) is 45.8 Å². The predicted octanol–water partition coefficient (Wildman–Crippen LogP) is 3.28. The number of carbonyl (C=O) groups excluding carboxylic acids is 1. The maximum atomic E-state index is 12.8. The standard InChI is InChI=1S/C22H28N2O4S/c1-16(2)29(26,27)21-7-5-4-6-20(21)22(25)23-17-12-14-24(15-13-17)18-8-10-19(28-3)11-9-18/h4-11,16-17H,12-15H2,1-3H3,(H,23,25). The molecule has 2 aromatic rings. The van der Waals surface area contributed by atoms with E-state index in [9.17, 15) is 13.2 Å². The maximum absolute atomic E-state index is 12.8. The highest BCUT2D eigenvalue weighted by molar-refractivity contribution is 7.92. The average Bonchev–Trinajstić information content (AvgIpc) is 2.74. The first kappa shape index (κ1) is 21.2. The topological polar surface area (TPSA) is 75.7 Å². The number of hydrogen-bond donors (Lipinski definition) is 1. The third-order valence-electron chi connectivity index (χ3n) is 5.33. The Morgan fingerprint density at radius 1 is 1.07 bits per heavy atom. The molecule has 1 heterocycles. The molecule has 1 N–H and O–H groups in total. The zero-order valence-corrected chi connectivity index (χ0v) is 17.9. The summed E-state index contributed by atoms with van der Waals surface area (Å²) in [7, 11) is -1.88. The maximum Gasteiger partial charge on any atom is 0.252 e. The first-order chi connectivity index (χ1) is 13.8. The number of hydrogen-bond acceptors (Lipinski definition) is 5. The van der Waals surface area contributed by atoms with Crippen LogP contribution in [0.3, 0.4) is 0 Å². The van der Waals surface area contributed by atoms with Crippen LogP contribution in [0, 0.1) is 0 Å². The molecule has 0 aliphatic carbocycles. The Kier molecular flexibility index (Phi) is 6.47. The van der Waals surface area contributed by atoms with Crippen molar-refractivity contribution < 1.29 is 17.9 Å². The van der Waals surface area contributed by atoms with Gasteiger partial charge in [0.1, 0.15) is 5.75 Å². The van der Waals surface area contributed by atoms with Crippen LogP contribution in [-0.2, 0) is 9.84 Å². The van der Waals surface area contributed by atoms with Gasteiger partial charge in [-0.3, -0.25) is 4.79 Å². The fourth-order valence-electron chi connectivity index (χ4n) is 3.49. The molecule has 0 aromatic heterocycles. The smallest absolute Gasteiger partial charge is 0.252 e. The van der Waals surface area contributed by atoms with Crippen LogP contribution in [0.25, 0.3) is 0 Å². The van der Waals surface area contributed by atoms with Gasteiger partial charge < -0.3 is 15.0 Å². The number of amides is 1. The molecule has 29 heavy (non-hydrogen) atoms. The van der Waals surface area contributed by atoms with E-state index in [4.69, 9.17) is 4.74 Å². The summed E-state index contributed by atoms with van der Waals surface area (Å²) < 4.78 is 30.4. The third-order valence-corrected chi connectivity index (χ3v) is 7.54. The summed E-state index contributed by atoms with van der Waals surface area (Å²) in [6, 6.07) is 14.4. The zero-order chi connectivity index (χ0) is 21.0. The normalized spacial score (nSPS) is 15.4. The van der Waals surface area contributed by atoms with Crippen molar-refractivity contribution in [1.82, 2.24) is 5.32 Å². The van der Waals surface area contributed by atoms with Gasteiger partial charge in [0, 0.05) is 24.8 Å². The third kappa shape index (κ3) is 4.72. The molecular weight excluding hydrogens is 388 g/mol. The number of sulfone groups is 1. The Labute approximate surface area is 172 Å². The van der Waals surface area contributed by atoms with Crippen LogP contribution in [0.15, 0.2) is 53.4 Å². The Morgan fingerprint density at radius 2 is 1.69 bits per heavy atom. The highest BCUT2D eigenvalue weighted by Gasteiger charge is 2.27. The lowest BCUT2D eigenvalue weighted by atomic mass is 10.0. The number of benzene rings is 2. The van der Waals surface area contributed by atoms with Crippen LogP contribution in [0.5, 0.6) is 5.75 Å². The van der Waals surface area contributed by atoms with Crippen LogP contribution < -0.4 is 15.0 Å². The predicted molar refractivity (Wildman–Crippen MR) is 114 cm³/mol. The Balaban J connectivity index is 1.65. The van der Waals surface area contributed by atoms with Crippen molar-refractivity contribution in [3.63, 3.8) is 0 Å². The summed E-state index contributed by atoms with van der Waals surface area (Å²) >= 11 is 0. The molecule has 0 saturated carbocycles. The van der Waals surface area contributed by atoms with Crippen LogP contribution in [0.2, 0.25) is 0 Å². The molecule has 0 bridgehead atoms. The molecule has 1 saturated heterocycles. The number of ether oxygens (including phenoxy) is 1. The van der Waals surface area contributed by atoms with Gasteiger partial charge in [0.25, 0.3) is 5.91 Å². The highest BCUT2D eigenvalue weighted by atomic mass is 32.2. The SMILES string of the molecule is COc1ccc(N2CCC(NC(=O)c3ccccc3S(=O)(=O)C(C)C)CC2)cc1. The van der Waals surface area contributed by atoms with Crippen molar-refractivity contribution in [2.75, 3.05) is 25.1 Å². The number of anilines is 1. The summed E-state index contributed by atoms with van der Waals surface area (Å²) in [5.41, 5.74) is 1.35. The average molecular weight is 417 g/mol. The van der Waals surface area contributed by atoms with Gasteiger partial charge in [-0.05, 0) is 63.1 Å². The van der Waals surface area contributed by atoms with Gasteiger partial charge in [-0.2, -0.15) is 0 Å². The van der Waals surface area contributed by atoms with Crippen molar-refractivity contribution in [2.24, 2.45) is 0 Å². The molecule has 156 valence electrons. The number of methoxy groups -OCH3 is 1. The van der Waals surface area contributed by atoms with E-state index in [1.54, 1.807) is 39.2 Å². The van der Waals surface area contributed by atoms with Crippen LogP contribution in [0.1, 0.15) is 37.0 Å². The lowest BCUT2D eigenvalue weighted by Crippen LogP contribution is -2.45. The van der Waals surface area contributed by atoms with Crippen LogP contribution in [0.4, 0.5) is 5.69 Å². The van der Waals surface area contributed by atoms with Gasteiger partial charge in [-0.25, -0.2) is 8.42 Å². The second-order valence-electron chi connectivity index (χ2n) is 7.52. The zero-order valence-electron chi connectivity index (χ0n) is 17.1. The first-order valence-electron chi connectivity index (χ1n) is 9.85. The quantitative estimate of drug-likeness (QED) is 0.782. The highest BCUT2D eigenvalue weighted by Crippen LogP contribution is 2.24. The molecule has 0 atom stereocenters. The molecule has 1 aliphatic heterocycles. The molecule has 2 aromatic carbocycles. The Bertz CT molecular complexity index is 947. The Morgan fingerprint density at radius 3 is 2.28 bits per heavy atom. The minimum atomic E-state index is -3.52. The van der Waals surface area contributed by atoms with E-state index in [0.717, 1.165) is 37.4 Å². The molecule has 0 radical (unpaired) electrons. The fraction of sp³-hybridized carbons (Fsp3) is 0.409. The monoisotopic (exact) mass is 416 g/mol. The summed E-state index contributed by atoms with van der Waals surface area (Å²) in [6.07, 6.45) is 1.60. The van der Waals surface area contributed by atoms with E-state index >= 15 is 0 Å². The molecule has 7 heteroatoms. The number of nitrogens with one attached hydrogen (secondary N) is 1. The number of piperidine rings is 1. The molecule has 1 fully saturated rings. The molecule has 1 amide bonds. The van der Waals surface area contributed by atoms with E-state index < -0.39 is 15.1 Å². The van der Waals surface area contributed by atoms with Crippen molar-refractivity contribution >= 4 is 21.4 Å². The van der Waals surface area contributed by atoms with Gasteiger partial charge in [0.2, 0.25) is 0 Å². The second kappa shape index (κ2) is 8.86. The summed E-state index contributed by atoms with van der Waals surface area (Å²) in [4.78, 5) is 15.2. The molecule has 0 unspecified atom stereocenters. The van der Waals surface area contributed by atoms with Crippen molar-refractivity contribution in [3.8, 4) is 5.75 Å². The van der Waals surface area contributed by atoms with E-state index in [-0.39, 0.29) is 22.4 Å². The van der Waals surface area contributed by atoms with Crippen molar-refractivity contribution in [1.29, 1.82) is 0 Å². The van der Waals surface area contributed by atoms with E-state index in [2.05, 4.69) is 10.2 Å².